The van der Waals surface area contributed by atoms with E-state index in [1.165, 1.54) is 141 Å². The molecule has 0 amide bonds. The van der Waals surface area contributed by atoms with Crippen LogP contribution in [-0.4, -0.2) is 10.2 Å². The highest BCUT2D eigenvalue weighted by Crippen LogP contribution is 2.39. The van der Waals surface area contributed by atoms with Gasteiger partial charge in [0.05, 0.1) is 0 Å². The Morgan fingerprint density at radius 1 is 0.429 bits per heavy atom. The van der Waals surface area contributed by atoms with E-state index in [-0.39, 0.29) is 10.8 Å². The molecule has 1 aromatic rings. The first-order valence-corrected chi connectivity index (χ1v) is 15.8. The fourth-order valence-corrected chi connectivity index (χ4v) is 5.51. The molecule has 0 aliphatic heterocycles. The maximum absolute atomic E-state index is 6.66. The van der Waals surface area contributed by atoms with Crippen LogP contribution in [-0.2, 0) is 10.8 Å². The predicted molar refractivity (Wildman–Crippen MR) is 153 cm³/mol. The number of unbranched alkanes of at least 4 members (excludes halogenated alkanes) is 14. The Hall–Kier alpha value is -0.860. The summed E-state index contributed by atoms with van der Waals surface area (Å²) in [4.78, 5) is 0. The van der Waals surface area contributed by atoms with Crippen molar-refractivity contribution in [2.24, 2.45) is 0 Å². The van der Waals surface area contributed by atoms with Gasteiger partial charge in [-0.1, -0.05) is 157 Å². The molecule has 1 aromatic heterocycles. The second kappa shape index (κ2) is 19.3. The van der Waals surface area contributed by atoms with Crippen LogP contribution in [0.2, 0.25) is 0 Å². The van der Waals surface area contributed by atoms with Crippen molar-refractivity contribution in [2.75, 3.05) is 0 Å². The molecule has 0 aliphatic carbocycles. The lowest BCUT2D eigenvalue weighted by Gasteiger charge is -2.28. The van der Waals surface area contributed by atoms with E-state index >= 15 is 0 Å². The largest absolute Gasteiger partial charge is 0.424 e. The smallest absolute Gasteiger partial charge is 0.222 e. The fourth-order valence-electron chi connectivity index (χ4n) is 5.51. The van der Waals surface area contributed by atoms with Crippen LogP contribution in [0.15, 0.2) is 4.42 Å². The number of nitrogens with zero attached hydrogens (tertiary/aromatic N) is 2. The average Bonchev–Trinajstić information content (AvgIpc) is 3.37. The Bertz CT molecular complexity index is 562. The van der Waals surface area contributed by atoms with Crippen molar-refractivity contribution < 1.29 is 4.42 Å². The van der Waals surface area contributed by atoms with Crippen LogP contribution < -0.4 is 0 Å². The molecule has 0 fully saturated rings. The first kappa shape index (κ1) is 32.2. The molecular formula is C32H62N2O. The summed E-state index contributed by atoms with van der Waals surface area (Å²) in [5.41, 5.74) is 0.0465. The van der Waals surface area contributed by atoms with Crippen molar-refractivity contribution in [3.63, 3.8) is 0 Å². The van der Waals surface area contributed by atoms with E-state index in [2.05, 4.69) is 41.5 Å². The van der Waals surface area contributed by atoms with Gasteiger partial charge in [0.1, 0.15) is 0 Å². The fraction of sp³-hybridized carbons (Fsp3) is 0.938. The summed E-state index contributed by atoms with van der Waals surface area (Å²) in [5, 5.41) is 9.51. The normalized spacial score (nSPS) is 15.3. The van der Waals surface area contributed by atoms with E-state index in [1.54, 1.807) is 0 Å². The molecule has 3 nitrogen and oxygen atoms in total. The third kappa shape index (κ3) is 12.8. The van der Waals surface area contributed by atoms with Crippen molar-refractivity contribution >= 4 is 0 Å². The number of rotatable bonds is 24. The van der Waals surface area contributed by atoms with Gasteiger partial charge in [-0.05, 0) is 25.7 Å². The standard InChI is InChI=1S/C32H62N2O/c1-7-11-15-19-23-27-31(5,25-21-17-13-9-3)29-33-34-30(35-29)32(6,26-22-18-14-10-4)28-24-20-16-12-8-2/h7-28H2,1-6H3. The van der Waals surface area contributed by atoms with Gasteiger partial charge in [0.25, 0.3) is 0 Å². The molecule has 0 spiro atoms. The van der Waals surface area contributed by atoms with Crippen molar-refractivity contribution in [3.05, 3.63) is 11.8 Å². The van der Waals surface area contributed by atoms with Crippen LogP contribution in [0.4, 0.5) is 0 Å². The topological polar surface area (TPSA) is 38.9 Å². The summed E-state index contributed by atoms with van der Waals surface area (Å²) >= 11 is 0. The maximum atomic E-state index is 6.66. The molecule has 0 bridgehead atoms. The quantitative estimate of drug-likeness (QED) is 0.135. The highest BCUT2D eigenvalue weighted by Gasteiger charge is 2.36. The Labute approximate surface area is 220 Å². The molecule has 0 aromatic carbocycles. The van der Waals surface area contributed by atoms with Crippen LogP contribution in [0.3, 0.4) is 0 Å². The molecule has 1 heterocycles. The number of hydrogen-bond acceptors (Lipinski definition) is 3. The lowest BCUT2D eigenvalue weighted by atomic mass is 9.79. The summed E-state index contributed by atoms with van der Waals surface area (Å²) in [6.45, 7) is 14.0. The molecule has 2 atom stereocenters. The second-order valence-electron chi connectivity index (χ2n) is 12.0. The van der Waals surface area contributed by atoms with Crippen LogP contribution >= 0.6 is 0 Å². The van der Waals surface area contributed by atoms with Gasteiger partial charge in [0.15, 0.2) is 0 Å². The number of aromatic nitrogens is 2. The summed E-state index contributed by atoms with van der Waals surface area (Å²) < 4.78 is 6.66. The van der Waals surface area contributed by atoms with E-state index in [9.17, 15) is 0 Å². The van der Waals surface area contributed by atoms with Gasteiger partial charge in [-0.15, -0.1) is 10.2 Å². The molecule has 1 rings (SSSR count). The predicted octanol–water partition coefficient (Wildman–Crippen LogP) is 11.2. The molecule has 0 saturated carbocycles. The van der Waals surface area contributed by atoms with E-state index in [0.717, 1.165) is 11.8 Å². The summed E-state index contributed by atoms with van der Waals surface area (Å²) in [6, 6.07) is 0. The van der Waals surface area contributed by atoms with E-state index < -0.39 is 0 Å². The minimum absolute atomic E-state index is 0.0233. The average molecular weight is 491 g/mol. The zero-order chi connectivity index (χ0) is 25.8. The first-order chi connectivity index (χ1) is 17.0. The molecule has 35 heavy (non-hydrogen) atoms. The van der Waals surface area contributed by atoms with Gasteiger partial charge in [-0.3, -0.25) is 0 Å². The van der Waals surface area contributed by atoms with Gasteiger partial charge in [-0.2, -0.15) is 0 Å². The minimum atomic E-state index is 0.0233. The monoisotopic (exact) mass is 490 g/mol. The van der Waals surface area contributed by atoms with Crippen molar-refractivity contribution in [3.8, 4) is 0 Å². The van der Waals surface area contributed by atoms with Crippen molar-refractivity contribution in [1.82, 2.24) is 10.2 Å². The number of hydrogen-bond donors (Lipinski definition) is 0. The zero-order valence-electron chi connectivity index (χ0n) is 24.9. The Morgan fingerprint density at radius 3 is 0.971 bits per heavy atom. The molecule has 0 N–H and O–H groups in total. The zero-order valence-corrected chi connectivity index (χ0v) is 24.9. The van der Waals surface area contributed by atoms with Gasteiger partial charge >= 0.3 is 0 Å². The first-order valence-electron chi connectivity index (χ1n) is 15.8. The summed E-state index contributed by atoms with van der Waals surface area (Å²) in [7, 11) is 0. The lowest BCUT2D eigenvalue weighted by molar-refractivity contribution is 0.241. The Kier molecular flexibility index (Phi) is 17.7. The minimum Gasteiger partial charge on any atom is -0.424 e. The van der Waals surface area contributed by atoms with E-state index in [1.807, 2.05) is 0 Å². The molecule has 0 saturated heterocycles. The highest BCUT2D eigenvalue weighted by molar-refractivity contribution is 5.07. The second-order valence-corrected chi connectivity index (χ2v) is 12.0. The third-order valence-corrected chi connectivity index (χ3v) is 8.29. The molecular weight excluding hydrogens is 428 g/mol. The Morgan fingerprint density at radius 2 is 0.686 bits per heavy atom. The third-order valence-electron chi connectivity index (χ3n) is 8.29. The van der Waals surface area contributed by atoms with E-state index in [4.69, 9.17) is 14.6 Å². The highest BCUT2D eigenvalue weighted by atomic mass is 16.4. The molecule has 2 unspecified atom stereocenters. The Balaban J connectivity index is 2.95. The molecule has 206 valence electrons. The van der Waals surface area contributed by atoms with Crippen LogP contribution in [0.25, 0.3) is 0 Å². The van der Waals surface area contributed by atoms with Crippen molar-refractivity contribution in [1.29, 1.82) is 0 Å². The summed E-state index contributed by atoms with van der Waals surface area (Å²) in [5.74, 6) is 1.84. The SMILES string of the molecule is CCCCCCCC(C)(CCCCCC)c1nnc(C(C)(CCCCCC)CCCCCCC)o1. The lowest BCUT2D eigenvalue weighted by Crippen LogP contribution is -2.24. The van der Waals surface area contributed by atoms with Crippen molar-refractivity contribution in [2.45, 2.75) is 194 Å². The molecule has 0 aliphatic rings. The van der Waals surface area contributed by atoms with Crippen LogP contribution in [0, 0.1) is 0 Å². The van der Waals surface area contributed by atoms with Crippen LogP contribution in [0.5, 0.6) is 0 Å². The molecule has 0 radical (unpaired) electrons. The van der Waals surface area contributed by atoms with Gasteiger partial charge < -0.3 is 4.42 Å². The maximum Gasteiger partial charge on any atom is 0.222 e. The van der Waals surface area contributed by atoms with Gasteiger partial charge in [0.2, 0.25) is 11.8 Å². The van der Waals surface area contributed by atoms with Gasteiger partial charge in [0, 0.05) is 10.8 Å². The van der Waals surface area contributed by atoms with Crippen LogP contribution in [0.1, 0.15) is 195 Å². The summed E-state index contributed by atoms with van der Waals surface area (Å²) in [6.07, 6.45) is 28.3. The molecule has 3 heteroatoms. The van der Waals surface area contributed by atoms with Gasteiger partial charge in [-0.25, -0.2) is 0 Å². The van der Waals surface area contributed by atoms with E-state index in [0.29, 0.717) is 0 Å².